The highest BCUT2D eigenvalue weighted by molar-refractivity contribution is 5.22. The van der Waals surface area contributed by atoms with Crippen molar-refractivity contribution in [3.63, 3.8) is 0 Å². The number of rotatable bonds is 3. The molecular weight excluding hydrogens is 304 g/mol. The van der Waals surface area contributed by atoms with E-state index < -0.39 is 11.6 Å². The first-order valence-electron chi connectivity index (χ1n) is 9.18. The number of benzene rings is 1. The van der Waals surface area contributed by atoms with E-state index in [1.54, 1.807) is 12.1 Å². The maximum absolute atomic E-state index is 13.4. The molecule has 3 rings (SSSR count). The number of hydrogen-bond donors (Lipinski definition) is 0. The van der Waals surface area contributed by atoms with Crippen LogP contribution in [0, 0.1) is 40.7 Å². The van der Waals surface area contributed by atoms with Crippen molar-refractivity contribution in [3.8, 4) is 6.07 Å². The summed E-state index contributed by atoms with van der Waals surface area (Å²) in [5.41, 5.74) is 0.956. The maximum Gasteiger partial charge on any atom is 0.159 e. The summed E-state index contributed by atoms with van der Waals surface area (Å²) in [5.74, 6) is 1.08. The minimum atomic E-state index is -0.755. The van der Waals surface area contributed by atoms with Crippen molar-refractivity contribution < 1.29 is 8.78 Å². The summed E-state index contributed by atoms with van der Waals surface area (Å²) in [6.07, 6.45) is 13.2. The van der Waals surface area contributed by atoms with Gasteiger partial charge in [-0.05, 0) is 92.7 Å². The van der Waals surface area contributed by atoms with Gasteiger partial charge in [-0.3, -0.25) is 0 Å². The first-order valence-corrected chi connectivity index (χ1v) is 9.18. The summed E-state index contributed by atoms with van der Waals surface area (Å²) in [6.45, 7) is 0. The Morgan fingerprint density at radius 2 is 1.50 bits per heavy atom. The van der Waals surface area contributed by atoms with Crippen molar-refractivity contribution >= 4 is 0 Å². The van der Waals surface area contributed by atoms with Crippen LogP contribution in [-0.2, 0) is 0 Å². The third kappa shape index (κ3) is 4.04. The van der Waals surface area contributed by atoms with Gasteiger partial charge < -0.3 is 0 Å². The summed E-state index contributed by atoms with van der Waals surface area (Å²) in [7, 11) is 0. The Kier molecular flexibility index (Phi) is 5.66. The Morgan fingerprint density at radius 3 is 2.08 bits per heavy atom. The molecule has 3 heteroatoms. The number of allylic oxidation sites excluding steroid dienone is 2. The van der Waals surface area contributed by atoms with Crippen LogP contribution in [0.1, 0.15) is 62.8 Å². The van der Waals surface area contributed by atoms with Gasteiger partial charge in [0.2, 0.25) is 0 Å². The van der Waals surface area contributed by atoms with Crippen LogP contribution in [-0.4, -0.2) is 0 Å². The predicted octanol–water partition coefficient (Wildman–Crippen LogP) is 6.12. The van der Waals surface area contributed by atoms with E-state index in [-0.39, 0.29) is 0 Å². The van der Waals surface area contributed by atoms with Crippen molar-refractivity contribution in [2.75, 3.05) is 0 Å². The van der Waals surface area contributed by atoms with Crippen LogP contribution in [0.2, 0.25) is 0 Å². The lowest BCUT2D eigenvalue weighted by atomic mass is 9.68. The molecule has 1 aromatic carbocycles. The van der Waals surface area contributed by atoms with Gasteiger partial charge in [0, 0.05) is 6.08 Å². The zero-order valence-electron chi connectivity index (χ0n) is 14.1. The Hall–Kier alpha value is -1.69. The van der Waals surface area contributed by atoms with Crippen LogP contribution in [0.4, 0.5) is 8.78 Å². The highest BCUT2D eigenvalue weighted by Gasteiger charge is 2.30. The summed E-state index contributed by atoms with van der Waals surface area (Å²) in [5, 5.41) is 8.62. The van der Waals surface area contributed by atoms with Gasteiger partial charge in [0.05, 0.1) is 6.07 Å². The Balaban J connectivity index is 1.50. The molecule has 0 heterocycles. The van der Waals surface area contributed by atoms with Crippen LogP contribution in [0.25, 0.3) is 0 Å². The second kappa shape index (κ2) is 7.92. The van der Waals surface area contributed by atoms with Gasteiger partial charge in [-0.1, -0.05) is 12.1 Å². The van der Waals surface area contributed by atoms with Crippen molar-refractivity contribution in [2.24, 2.45) is 17.8 Å². The molecule has 0 atom stereocenters. The topological polar surface area (TPSA) is 23.8 Å². The molecule has 24 heavy (non-hydrogen) atoms. The quantitative estimate of drug-likeness (QED) is 0.612. The fourth-order valence-corrected chi connectivity index (χ4v) is 4.68. The largest absolute Gasteiger partial charge is 0.204 e. The standard InChI is InChI=1S/C21H25F2N/c22-20-12-11-19(14-21(20)23)18-9-7-17(8-10-18)16-5-3-15(4-6-16)2-1-13-24/h1-2,11-12,14-18H,3-10H2/b2-1+/t15?,16?,17-,18-. The highest BCUT2D eigenvalue weighted by Crippen LogP contribution is 2.44. The average molecular weight is 329 g/mol. The van der Waals surface area contributed by atoms with E-state index in [9.17, 15) is 8.78 Å². The van der Waals surface area contributed by atoms with Crippen molar-refractivity contribution in [1.82, 2.24) is 0 Å². The maximum atomic E-state index is 13.4. The molecule has 2 aliphatic rings. The molecule has 2 aliphatic carbocycles. The molecule has 0 N–H and O–H groups in total. The smallest absolute Gasteiger partial charge is 0.159 e. The minimum Gasteiger partial charge on any atom is -0.204 e. The summed E-state index contributed by atoms with van der Waals surface area (Å²) in [6, 6.07) is 6.47. The lowest BCUT2D eigenvalue weighted by Gasteiger charge is -2.37. The molecule has 2 fully saturated rings. The first kappa shape index (κ1) is 17.1. The van der Waals surface area contributed by atoms with E-state index in [2.05, 4.69) is 12.1 Å². The molecule has 0 amide bonds. The number of hydrogen-bond acceptors (Lipinski definition) is 1. The minimum absolute atomic E-state index is 0.381. The molecule has 0 radical (unpaired) electrons. The zero-order chi connectivity index (χ0) is 16.9. The normalized spacial score (nSPS) is 31.0. The summed E-state index contributed by atoms with van der Waals surface area (Å²) in [4.78, 5) is 0. The Labute approximate surface area is 143 Å². The second-order valence-electron chi connectivity index (χ2n) is 7.45. The van der Waals surface area contributed by atoms with Gasteiger partial charge in [-0.2, -0.15) is 5.26 Å². The van der Waals surface area contributed by atoms with Crippen LogP contribution < -0.4 is 0 Å². The SMILES string of the molecule is N#C/C=C/C1CCC([C@H]2CC[C@H](c3ccc(F)c(F)c3)CC2)CC1. The molecule has 1 aromatic rings. The molecule has 0 saturated heterocycles. The highest BCUT2D eigenvalue weighted by atomic mass is 19.2. The Bertz CT molecular complexity index is 615. The van der Waals surface area contributed by atoms with E-state index in [0.29, 0.717) is 11.8 Å². The van der Waals surface area contributed by atoms with Crippen LogP contribution in [0.15, 0.2) is 30.4 Å². The van der Waals surface area contributed by atoms with Crippen molar-refractivity contribution in [1.29, 1.82) is 5.26 Å². The van der Waals surface area contributed by atoms with Crippen LogP contribution in [0.3, 0.4) is 0 Å². The van der Waals surface area contributed by atoms with Crippen molar-refractivity contribution in [3.05, 3.63) is 47.5 Å². The lowest BCUT2D eigenvalue weighted by molar-refractivity contribution is 0.171. The molecule has 0 bridgehead atoms. The molecule has 0 unspecified atom stereocenters. The molecule has 0 aliphatic heterocycles. The first-order chi connectivity index (χ1) is 11.7. The van der Waals surface area contributed by atoms with Crippen molar-refractivity contribution in [2.45, 2.75) is 57.3 Å². The van der Waals surface area contributed by atoms with Gasteiger partial charge in [0.1, 0.15) is 0 Å². The van der Waals surface area contributed by atoms with E-state index in [1.165, 1.54) is 50.7 Å². The fraction of sp³-hybridized carbons (Fsp3) is 0.571. The second-order valence-corrected chi connectivity index (χ2v) is 7.45. The predicted molar refractivity (Wildman–Crippen MR) is 91.3 cm³/mol. The third-order valence-electron chi connectivity index (χ3n) is 6.11. The van der Waals surface area contributed by atoms with Gasteiger partial charge in [-0.15, -0.1) is 0 Å². The number of halogens is 2. The third-order valence-corrected chi connectivity index (χ3v) is 6.11. The van der Waals surface area contributed by atoms with Gasteiger partial charge in [0.15, 0.2) is 11.6 Å². The van der Waals surface area contributed by atoms with E-state index in [0.717, 1.165) is 30.2 Å². The Morgan fingerprint density at radius 1 is 0.875 bits per heavy atom. The summed E-state index contributed by atoms with van der Waals surface area (Å²) >= 11 is 0. The average Bonchev–Trinajstić information content (AvgIpc) is 2.63. The molecular formula is C21H25F2N. The van der Waals surface area contributed by atoms with Crippen LogP contribution >= 0.6 is 0 Å². The van der Waals surface area contributed by atoms with E-state index >= 15 is 0 Å². The zero-order valence-corrected chi connectivity index (χ0v) is 14.1. The van der Waals surface area contributed by atoms with Gasteiger partial charge >= 0.3 is 0 Å². The molecule has 0 spiro atoms. The molecule has 0 aromatic heterocycles. The fourth-order valence-electron chi connectivity index (χ4n) is 4.68. The number of nitrogens with zero attached hydrogens (tertiary/aromatic N) is 1. The number of nitriles is 1. The molecule has 2 saturated carbocycles. The molecule has 1 nitrogen and oxygen atoms in total. The van der Waals surface area contributed by atoms with Gasteiger partial charge in [0.25, 0.3) is 0 Å². The van der Waals surface area contributed by atoms with Crippen LogP contribution in [0.5, 0.6) is 0 Å². The molecule has 128 valence electrons. The summed E-state index contributed by atoms with van der Waals surface area (Å²) < 4.78 is 26.5. The van der Waals surface area contributed by atoms with Gasteiger partial charge in [-0.25, -0.2) is 8.78 Å². The van der Waals surface area contributed by atoms with E-state index in [4.69, 9.17) is 5.26 Å². The van der Waals surface area contributed by atoms with E-state index in [1.807, 2.05) is 0 Å². The lowest BCUT2D eigenvalue weighted by Crippen LogP contribution is -2.25. The monoisotopic (exact) mass is 329 g/mol.